The second-order valence-electron chi connectivity index (χ2n) is 8.14. The molecule has 2 heterocycles. The molecule has 9 heteroatoms. The summed E-state index contributed by atoms with van der Waals surface area (Å²) >= 11 is 0. The highest BCUT2D eigenvalue weighted by Crippen LogP contribution is 2.37. The molecule has 9 nitrogen and oxygen atoms in total. The average molecular weight is 469 g/mol. The zero-order valence-electron chi connectivity index (χ0n) is 19.3. The first kappa shape index (κ1) is 22.3. The van der Waals surface area contributed by atoms with Gasteiger partial charge in [-0.15, -0.1) is 0 Å². The Kier molecular flexibility index (Phi) is 6.21. The normalized spacial score (nSPS) is 16.7. The lowest BCUT2D eigenvalue weighted by molar-refractivity contribution is -0.118. The third kappa shape index (κ3) is 4.61. The van der Waals surface area contributed by atoms with E-state index < -0.39 is 12.0 Å². The van der Waals surface area contributed by atoms with Gasteiger partial charge in [0.2, 0.25) is 5.91 Å². The number of carbonyl (C=O) groups is 1. The van der Waals surface area contributed by atoms with E-state index in [-0.39, 0.29) is 5.91 Å². The molecule has 2 atom stereocenters. The van der Waals surface area contributed by atoms with Crippen LogP contribution in [0.15, 0.2) is 83.9 Å². The second kappa shape index (κ2) is 9.76. The maximum absolute atomic E-state index is 13.6. The lowest BCUT2D eigenvalue weighted by atomic mass is 9.87. The number of nitrogens with zero attached hydrogens (tertiary/aromatic N) is 5. The molecule has 0 spiro atoms. The Balaban J connectivity index is 1.46. The number of ether oxygens (including phenoxy) is 2. The fraction of sp³-hybridized carbons (Fsp3) is 0.192. The van der Waals surface area contributed by atoms with Crippen molar-refractivity contribution in [1.82, 2.24) is 20.2 Å². The standard InChI is InChI=1S/C26H24N6O3/c1-17-23(25(33)28-21-13-6-7-14-22(21)34-2)24(32-26(27-17)29-30-31-32)19-11-8-12-20(15-19)35-16-18-9-4-3-5-10-18/h3-15,23-24H,16H2,1-2H3,(H,28,33). The Bertz CT molecular complexity index is 1370. The number of tetrazole rings is 1. The van der Waals surface area contributed by atoms with Crippen LogP contribution in [-0.4, -0.2) is 38.9 Å². The first-order valence-corrected chi connectivity index (χ1v) is 11.2. The Morgan fingerprint density at radius 1 is 1.03 bits per heavy atom. The van der Waals surface area contributed by atoms with Crippen molar-refractivity contribution in [1.29, 1.82) is 0 Å². The molecule has 4 aromatic rings. The van der Waals surface area contributed by atoms with Gasteiger partial charge in [-0.2, -0.15) is 0 Å². The average Bonchev–Trinajstić information content (AvgIpc) is 3.35. The van der Waals surface area contributed by atoms with Crippen LogP contribution in [0, 0.1) is 5.92 Å². The van der Waals surface area contributed by atoms with Crippen LogP contribution < -0.4 is 14.8 Å². The molecule has 3 aromatic carbocycles. The molecule has 0 aliphatic carbocycles. The number of hydrogen-bond donors (Lipinski definition) is 1. The number of para-hydroxylation sites is 2. The summed E-state index contributed by atoms with van der Waals surface area (Å²) in [4.78, 5) is 18.1. The fourth-order valence-electron chi connectivity index (χ4n) is 4.19. The first-order chi connectivity index (χ1) is 17.1. The number of aromatic nitrogens is 4. The third-order valence-corrected chi connectivity index (χ3v) is 5.88. The maximum atomic E-state index is 13.6. The van der Waals surface area contributed by atoms with Gasteiger partial charge in [-0.1, -0.05) is 59.7 Å². The van der Waals surface area contributed by atoms with Crippen LogP contribution >= 0.6 is 0 Å². The minimum atomic E-state index is -0.653. The SMILES string of the molecule is COc1ccccc1NC(=O)C1C(C)=Nc2nnnn2C1c1cccc(OCc2ccccc2)c1. The monoisotopic (exact) mass is 468 g/mol. The highest BCUT2D eigenvalue weighted by molar-refractivity contribution is 6.10. The van der Waals surface area contributed by atoms with Crippen molar-refractivity contribution < 1.29 is 14.3 Å². The van der Waals surface area contributed by atoms with E-state index in [9.17, 15) is 4.79 Å². The van der Waals surface area contributed by atoms with Crippen LogP contribution in [0.25, 0.3) is 0 Å². The lowest BCUT2D eigenvalue weighted by Crippen LogP contribution is -2.39. The zero-order chi connectivity index (χ0) is 24.2. The van der Waals surface area contributed by atoms with E-state index in [2.05, 4.69) is 25.8 Å². The van der Waals surface area contributed by atoms with E-state index in [0.717, 1.165) is 11.1 Å². The zero-order valence-corrected chi connectivity index (χ0v) is 19.3. The number of anilines is 1. The van der Waals surface area contributed by atoms with Gasteiger partial charge in [-0.3, -0.25) is 4.79 Å². The van der Waals surface area contributed by atoms with E-state index in [4.69, 9.17) is 9.47 Å². The topological polar surface area (TPSA) is 104 Å². The van der Waals surface area contributed by atoms with Crippen molar-refractivity contribution in [2.75, 3.05) is 12.4 Å². The van der Waals surface area contributed by atoms with E-state index in [1.165, 1.54) is 0 Å². The molecule has 0 fully saturated rings. The summed E-state index contributed by atoms with van der Waals surface area (Å²) in [5, 5.41) is 14.9. The Labute approximate surface area is 202 Å². The fourth-order valence-corrected chi connectivity index (χ4v) is 4.19. The number of hydrogen-bond acceptors (Lipinski definition) is 7. The smallest absolute Gasteiger partial charge is 0.269 e. The molecule has 1 N–H and O–H groups in total. The molecule has 176 valence electrons. The van der Waals surface area contributed by atoms with Crippen molar-refractivity contribution in [2.45, 2.75) is 19.6 Å². The lowest BCUT2D eigenvalue weighted by Gasteiger charge is -2.30. The van der Waals surface area contributed by atoms with Crippen molar-refractivity contribution in [3.8, 4) is 11.5 Å². The van der Waals surface area contributed by atoms with E-state index in [1.54, 1.807) is 23.9 Å². The molecule has 0 radical (unpaired) electrons. The van der Waals surface area contributed by atoms with Crippen molar-refractivity contribution in [2.24, 2.45) is 10.9 Å². The minimum Gasteiger partial charge on any atom is -0.495 e. The molecule has 0 bridgehead atoms. The van der Waals surface area contributed by atoms with Gasteiger partial charge in [0.25, 0.3) is 5.95 Å². The number of aliphatic imine (C=N–C) groups is 1. The summed E-state index contributed by atoms with van der Waals surface area (Å²) < 4.78 is 13.0. The quantitative estimate of drug-likeness (QED) is 0.436. The molecule has 2 unspecified atom stereocenters. The molecular formula is C26H24N6O3. The number of nitrogens with one attached hydrogen (secondary N) is 1. The maximum Gasteiger partial charge on any atom is 0.269 e. The van der Waals surface area contributed by atoms with E-state index in [0.29, 0.717) is 35.5 Å². The van der Waals surface area contributed by atoms with E-state index in [1.807, 2.05) is 73.7 Å². The number of carbonyl (C=O) groups excluding carboxylic acids is 1. The summed E-state index contributed by atoms with van der Waals surface area (Å²) in [6.45, 7) is 2.25. The van der Waals surface area contributed by atoms with Gasteiger partial charge in [-0.25, -0.2) is 9.67 Å². The van der Waals surface area contributed by atoms with Crippen LogP contribution in [0.3, 0.4) is 0 Å². The molecule has 0 saturated carbocycles. The number of amides is 1. The number of fused-ring (bicyclic) bond motifs is 1. The van der Waals surface area contributed by atoms with Gasteiger partial charge >= 0.3 is 0 Å². The van der Waals surface area contributed by atoms with Crippen LogP contribution in [0.4, 0.5) is 11.6 Å². The predicted molar refractivity (Wildman–Crippen MR) is 131 cm³/mol. The molecule has 1 amide bonds. The number of benzene rings is 3. The second-order valence-corrected chi connectivity index (χ2v) is 8.14. The number of methoxy groups -OCH3 is 1. The van der Waals surface area contributed by atoms with Gasteiger partial charge in [0.1, 0.15) is 24.0 Å². The number of rotatable bonds is 7. The van der Waals surface area contributed by atoms with Crippen molar-refractivity contribution in [3.05, 3.63) is 90.0 Å². The third-order valence-electron chi connectivity index (χ3n) is 5.88. The van der Waals surface area contributed by atoms with Gasteiger partial charge in [-0.05, 0) is 52.7 Å². The van der Waals surface area contributed by atoms with Crippen LogP contribution in [-0.2, 0) is 11.4 Å². The van der Waals surface area contributed by atoms with E-state index >= 15 is 0 Å². The molecule has 1 aliphatic rings. The summed E-state index contributed by atoms with van der Waals surface area (Å²) in [6, 6.07) is 24.3. The summed E-state index contributed by atoms with van der Waals surface area (Å²) in [5.41, 5.74) is 3.09. The highest BCUT2D eigenvalue weighted by atomic mass is 16.5. The van der Waals surface area contributed by atoms with Gasteiger partial charge in [0.05, 0.1) is 18.8 Å². The molecule has 0 saturated heterocycles. The summed E-state index contributed by atoms with van der Waals surface area (Å²) in [5.74, 6) is 0.717. The summed E-state index contributed by atoms with van der Waals surface area (Å²) in [6.07, 6.45) is 0. The summed E-state index contributed by atoms with van der Waals surface area (Å²) in [7, 11) is 1.56. The first-order valence-electron chi connectivity index (χ1n) is 11.2. The van der Waals surface area contributed by atoms with Crippen molar-refractivity contribution in [3.63, 3.8) is 0 Å². The largest absolute Gasteiger partial charge is 0.495 e. The highest BCUT2D eigenvalue weighted by Gasteiger charge is 2.39. The molecule has 35 heavy (non-hydrogen) atoms. The Morgan fingerprint density at radius 3 is 2.66 bits per heavy atom. The van der Waals surface area contributed by atoms with Gasteiger partial charge in [0.15, 0.2) is 0 Å². The molecular weight excluding hydrogens is 444 g/mol. The van der Waals surface area contributed by atoms with Gasteiger partial charge < -0.3 is 14.8 Å². The van der Waals surface area contributed by atoms with Gasteiger partial charge in [0, 0.05) is 5.71 Å². The Hall–Kier alpha value is -4.53. The predicted octanol–water partition coefficient (Wildman–Crippen LogP) is 4.21. The molecule has 5 rings (SSSR count). The van der Waals surface area contributed by atoms with Crippen LogP contribution in [0.5, 0.6) is 11.5 Å². The van der Waals surface area contributed by atoms with Crippen LogP contribution in [0.1, 0.15) is 24.1 Å². The Morgan fingerprint density at radius 2 is 1.83 bits per heavy atom. The van der Waals surface area contributed by atoms with Crippen LogP contribution in [0.2, 0.25) is 0 Å². The van der Waals surface area contributed by atoms with Crippen molar-refractivity contribution >= 4 is 23.3 Å². The minimum absolute atomic E-state index is 0.238. The molecule has 1 aliphatic heterocycles. The molecule has 1 aromatic heterocycles.